The minimum absolute atomic E-state index is 0.0209. The molecule has 1 atom stereocenters. The highest BCUT2D eigenvalue weighted by atomic mass is 35.5. The molecule has 1 N–H and O–H groups in total. The standard InChI is InChI=1S/C14H17ClN2O6S/c1-16(24(21,22)11-4-2-10(15)3-5-11)9-13(18)17-6-7-23-12(8-17)14(19)20/h2-5,12H,6-9H2,1H3,(H,19,20). The Kier molecular flexibility index (Phi) is 5.81. The number of likely N-dealkylation sites (N-methyl/N-ethyl adjacent to an activating group) is 1. The molecule has 1 aromatic rings. The summed E-state index contributed by atoms with van der Waals surface area (Å²) in [6, 6.07) is 5.61. The van der Waals surface area contributed by atoms with E-state index < -0.39 is 34.5 Å². The quantitative estimate of drug-likeness (QED) is 0.791. The van der Waals surface area contributed by atoms with Gasteiger partial charge in [-0.1, -0.05) is 11.6 Å². The average Bonchev–Trinajstić information content (AvgIpc) is 2.55. The lowest BCUT2D eigenvalue weighted by atomic mass is 10.2. The third kappa shape index (κ3) is 4.23. The van der Waals surface area contributed by atoms with Gasteiger partial charge in [-0.25, -0.2) is 13.2 Å². The van der Waals surface area contributed by atoms with Crippen LogP contribution in [0.1, 0.15) is 0 Å². The number of ether oxygens (including phenoxy) is 1. The number of rotatable bonds is 5. The van der Waals surface area contributed by atoms with Crippen molar-refractivity contribution in [1.82, 2.24) is 9.21 Å². The number of carboxylic acid groups (broad SMARTS) is 1. The van der Waals surface area contributed by atoms with Crippen LogP contribution < -0.4 is 0 Å². The summed E-state index contributed by atoms with van der Waals surface area (Å²) in [5.74, 6) is -1.64. The Balaban J connectivity index is 2.05. The van der Waals surface area contributed by atoms with Crippen molar-refractivity contribution in [3.05, 3.63) is 29.3 Å². The van der Waals surface area contributed by atoms with E-state index in [1.807, 2.05) is 0 Å². The summed E-state index contributed by atoms with van der Waals surface area (Å²) in [6.45, 7) is -0.186. The van der Waals surface area contributed by atoms with Crippen molar-refractivity contribution >= 4 is 33.5 Å². The van der Waals surface area contributed by atoms with Crippen LogP contribution in [0.15, 0.2) is 29.2 Å². The van der Waals surface area contributed by atoms with E-state index >= 15 is 0 Å². The number of hydrogen-bond donors (Lipinski definition) is 1. The number of amides is 1. The molecule has 0 bridgehead atoms. The molecule has 1 unspecified atom stereocenters. The largest absolute Gasteiger partial charge is 0.479 e. The number of benzene rings is 1. The molecule has 132 valence electrons. The van der Waals surface area contributed by atoms with E-state index in [2.05, 4.69) is 0 Å². The van der Waals surface area contributed by atoms with E-state index in [0.717, 1.165) is 4.31 Å². The highest BCUT2D eigenvalue weighted by Gasteiger charge is 2.31. The molecule has 10 heteroatoms. The molecule has 1 aromatic carbocycles. The summed E-state index contributed by atoms with van der Waals surface area (Å²) < 4.78 is 30.8. The molecule has 1 amide bonds. The van der Waals surface area contributed by atoms with Crippen LogP contribution >= 0.6 is 11.6 Å². The maximum Gasteiger partial charge on any atom is 0.334 e. The zero-order valence-electron chi connectivity index (χ0n) is 12.9. The van der Waals surface area contributed by atoms with Gasteiger partial charge < -0.3 is 14.7 Å². The summed E-state index contributed by atoms with van der Waals surface area (Å²) in [6.07, 6.45) is -1.10. The van der Waals surface area contributed by atoms with Crippen LogP contribution in [-0.4, -0.2) is 74.0 Å². The van der Waals surface area contributed by atoms with Crippen molar-refractivity contribution in [3.63, 3.8) is 0 Å². The number of aliphatic carboxylic acids is 1. The van der Waals surface area contributed by atoms with Gasteiger partial charge in [-0.2, -0.15) is 4.31 Å². The van der Waals surface area contributed by atoms with Crippen molar-refractivity contribution < 1.29 is 27.9 Å². The molecule has 24 heavy (non-hydrogen) atoms. The Morgan fingerprint density at radius 3 is 2.58 bits per heavy atom. The van der Waals surface area contributed by atoms with Crippen molar-refractivity contribution in [2.24, 2.45) is 0 Å². The SMILES string of the molecule is CN(CC(=O)N1CCOC(C(=O)O)C1)S(=O)(=O)c1ccc(Cl)cc1. The molecule has 2 rings (SSSR count). The summed E-state index contributed by atoms with van der Waals surface area (Å²) in [7, 11) is -2.55. The Labute approximate surface area is 144 Å². The molecule has 0 aromatic heterocycles. The minimum Gasteiger partial charge on any atom is -0.479 e. The fourth-order valence-corrected chi connectivity index (χ4v) is 3.43. The van der Waals surface area contributed by atoms with Crippen LogP contribution in [-0.2, 0) is 24.3 Å². The summed E-state index contributed by atoms with van der Waals surface area (Å²) in [5.41, 5.74) is 0. The van der Waals surface area contributed by atoms with E-state index in [4.69, 9.17) is 21.4 Å². The Morgan fingerprint density at radius 1 is 1.38 bits per heavy atom. The van der Waals surface area contributed by atoms with Crippen molar-refractivity contribution in [2.45, 2.75) is 11.0 Å². The first-order valence-corrected chi connectivity index (χ1v) is 8.87. The van der Waals surface area contributed by atoms with Gasteiger partial charge in [0, 0.05) is 18.6 Å². The lowest BCUT2D eigenvalue weighted by Gasteiger charge is -2.31. The smallest absolute Gasteiger partial charge is 0.334 e. The molecule has 0 aliphatic carbocycles. The van der Waals surface area contributed by atoms with Crippen LogP contribution in [0.5, 0.6) is 0 Å². The molecule has 0 radical (unpaired) electrons. The Morgan fingerprint density at radius 2 is 2.00 bits per heavy atom. The first kappa shape index (κ1) is 18.7. The highest BCUT2D eigenvalue weighted by molar-refractivity contribution is 7.89. The number of halogens is 1. The second-order valence-corrected chi connectivity index (χ2v) is 7.73. The molecule has 1 aliphatic heterocycles. The fraction of sp³-hybridized carbons (Fsp3) is 0.429. The van der Waals surface area contributed by atoms with Crippen LogP contribution in [0, 0.1) is 0 Å². The predicted molar refractivity (Wildman–Crippen MR) is 85.2 cm³/mol. The first-order valence-electron chi connectivity index (χ1n) is 7.06. The molecule has 1 heterocycles. The van der Waals surface area contributed by atoms with Gasteiger partial charge in [-0.3, -0.25) is 4.79 Å². The molecule has 1 aliphatic rings. The van der Waals surface area contributed by atoms with Gasteiger partial charge in [0.2, 0.25) is 15.9 Å². The van der Waals surface area contributed by atoms with Crippen molar-refractivity contribution in [1.29, 1.82) is 0 Å². The van der Waals surface area contributed by atoms with Crippen LogP contribution in [0.4, 0.5) is 0 Å². The van der Waals surface area contributed by atoms with Crippen molar-refractivity contribution in [3.8, 4) is 0 Å². The number of carbonyl (C=O) groups excluding carboxylic acids is 1. The molecular formula is C14H17ClN2O6S. The fourth-order valence-electron chi connectivity index (χ4n) is 2.19. The summed E-state index contributed by atoms with van der Waals surface area (Å²) >= 11 is 5.74. The lowest BCUT2D eigenvalue weighted by Crippen LogP contribution is -2.51. The van der Waals surface area contributed by atoms with Crippen LogP contribution in [0.3, 0.4) is 0 Å². The second kappa shape index (κ2) is 7.47. The Hall–Kier alpha value is -1.68. The van der Waals surface area contributed by atoms with E-state index in [1.54, 1.807) is 0 Å². The van der Waals surface area contributed by atoms with Crippen LogP contribution in [0.25, 0.3) is 0 Å². The maximum atomic E-state index is 12.4. The number of carbonyl (C=O) groups is 2. The zero-order chi connectivity index (χ0) is 17.9. The first-order chi connectivity index (χ1) is 11.2. The minimum atomic E-state index is -3.84. The third-order valence-electron chi connectivity index (χ3n) is 3.57. The van der Waals surface area contributed by atoms with Crippen LogP contribution in [0.2, 0.25) is 5.02 Å². The van der Waals surface area contributed by atoms with Gasteiger partial charge in [0.1, 0.15) is 0 Å². The third-order valence-corrected chi connectivity index (χ3v) is 5.64. The van der Waals surface area contributed by atoms with Gasteiger partial charge in [0.05, 0.1) is 24.6 Å². The molecule has 1 fully saturated rings. The summed E-state index contributed by atoms with van der Waals surface area (Å²) in [5, 5.41) is 9.34. The maximum absolute atomic E-state index is 12.4. The van der Waals surface area contributed by atoms with Gasteiger partial charge in [0.25, 0.3) is 0 Å². The molecule has 0 spiro atoms. The molecule has 1 saturated heterocycles. The average molecular weight is 377 g/mol. The monoisotopic (exact) mass is 376 g/mol. The summed E-state index contributed by atoms with van der Waals surface area (Å²) in [4.78, 5) is 24.5. The number of sulfonamides is 1. The second-order valence-electron chi connectivity index (χ2n) is 5.25. The van der Waals surface area contributed by atoms with E-state index in [0.29, 0.717) is 5.02 Å². The number of morpholine rings is 1. The van der Waals surface area contributed by atoms with Gasteiger partial charge in [-0.05, 0) is 24.3 Å². The number of hydrogen-bond acceptors (Lipinski definition) is 5. The highest BCUT2D eigenvalue weighted by Crippen LogP contribution is 2.17. The van der Waals surface area contributed by atoms with Gasteiger partial charge in [-0.15, -0.1) is 0 Å². The number of carboxylic acids is 1. The number of nitrogens with zero attached hydrogens (tertiary/aromatic N) is 2. The zero-order valence-corrected chi connectivity index (χ0v) is 14.5. The van der Waals surface area contributed by atoms with E-state index in [-0.39, 0.29) is 24.6 Å². The van der Waals surface area contributed by atoms with E-state index in [1.165, 1.54) is 36.2 Å². The van der Waals surface area contributed by atoms with E-state index in [9.17, 15) is 18.0 Å². The molecule has 8 nitrogen and oxygen atoms in total. The predicted octanol–water partition coefficient (Wildman–Crippen LogP) is 0.273. The molecule has 0 saturated carbocycles. The topological polar surface area (TPSA) is 104 Å². The molecular weight excluding hydrogens is 360 g/mol. The lowest BCUT2D eigenvalue weighted by molar-refractivity contribution is -0.159. The Bertz CT molecular complexity index is 721. The normalized spacial score (nSPS) is 18.6. The van der Waals surface area contributed by atoms with Gasteiger partial charge >= 0.3 is 5.97 Å². The van der Waals surface area contributed by atoms with Gasteiger partial charge in [0.15, 0.2) is 6.10 Å². The van der Waals surface area contributed by atoms with Crippen molar-refractivity contribution in [2.75, 3.05) is 33.3 Å².